The van der Waals surface area contributed by atoms with Crippen molar-refractivity contribution in [1.29, 1.82) is 0 Å². The van der Waals surface area contributed by atoms with E-state index in [4.69, 9.17) is 34.8 Å². The third-order valence-corrected chi connectivity index (χ3v) is 4.74. The summed E-state index contributed by atoms with van der Waals surface area (Å²) in [6.07, 6.45) is 0. The molecule has 118 valence electrons. The van der Waals surface area contributed by atoms with Crippen molar-refractivity contribution in [2.24, 2.45) is 5.10 Å². The number of halogens is 3. The van der Waals surface area contributed by atoms with E-state index in [1.807, 2.05) is 30.3 Å². The van der Waals surface area contributed by atoms with Crippen LogP contribution >= 0.6 is 34.8 Å². The maximum atomic E-state index is 12.6. The number of Topliss-reactive ketones (excluding diaryl/α,β-unsaturated/α-hetero) is 1. The van der Waals surface area contributed by atoms with Crippen molar-refractivity contribution in [2.75, 3.05) is 5.43 Å². The van der Waals surface area contributed by atoms with E-state index in [0.717, 1.165) is 16.3 Å². The average Bonchev–Trinajstić information content (AvgIpc) is 2.85. The van der Waals surface area contributed by atoms with E-state index in [1.165, 1.54) is 6.07 Å². The molecule has 0 bridgehead atoms. The Kier molecular flexibility index (Phi) is 3.68. The molecule has 0 aliphatic heterocycles. The molecule has 0 atom stereocenters. The first kappa shape index (κ1) is 15.4. The molecule has 4 rings (SSSR count). The summed E-state index contributed by atoms with van der Waals surface area (Å²) in [4.78, 5) is 16.7. The number of ketones is 1. The Morgan fingerprint density at radius 2 is 1.67 bits per heavy atom. The van der Waals surface area contributed by atoms with Gasteiger partial charge in [0.25, 0.3) is 0 Å². The molecular weight excluding hydrogens is 369 g/mol. The first-order chi connectivity index (χ1) is 11.6. The van der Waals surface area contributed by atoms with Crippen molar-refractivity contribution in [3.05, 3.63) is 68.8 Å². The molecule has 0 saturated carbocycles. The van der Waals surface area contributed by atoms with Crippen molar-refractivity contribution < 1.29 is 4.79 Å². The highest BCUT2D eigenvalue weighted by atomic mass is 35.5. The molecule has 1 N–H and O–H groups in total. The van der Waals surface area contributed by atoms with Crippen LogP contribution in [0.2, 0.25) is 15.2 Å². The SMILES string of the molecule is O=C1/C(=N\Nc2nc(Cl)c(Cl)cc2Cl)c2cccc3cccc1c23. The molecule has 3 aromatic rings. The zero-order valence-corrected chi connectivity index (χ0v) is 14.2. The molecule has 1 aliphatic rings. The van der Waals surface area contributed by atoms with Crippen LogP contribution in [-0.2, 0) is 0 Å². The van der Waals surface area contributed by atoms with Crippen LogP contribution in [-0.4, -0.2) is 16.5 Å². The van der Waals surface area contributed by atoms with Gasteiger partial charge in [-0.15, -0.1) is 0 Å². The largest absolute Gasteiger partial charge is 0.287 e. The van der Waals surface area contributed by atoms with Gasteiger partial charge in [0, 0.05) is 16.5 Å². The summed E-state index contributed by atoms with van der Waals surface area (Å²) in [5.74, 6) is 0.0833. The molecule has 2 aromatic carbocycles. The molecular formula is C17H8Cl3N3O. The smallest absolute Gasteiger partial charge is 0.214 e. The number of hydrogen-bond acceptors (Lipinski definition) is 4. The quantitative estimate of drug-likeness (QED) is 0.493. The van der Waals surface area contributed by atoms with Crippen LogP contribution in [0, 0.1) is 0 Å². The first-order valence-electron chi connectivity index (χ1n) is 6.98. The number of hydrazone groups is 1. The van der Waals surface area contributed by atoms with Gasteiger partial charge in [-0.1, -0.05) is 71.2 Å². The van der Waals surface area contributed by atoms with E-state index < -0.39 is 0 Å². The predicted molar refractivity (Wildman–Crippen MR) is 97.7 cm³/mol. The molecule has 0 unspecified atom stereocenters. The van der Waals surface area contributed by atoms with Crippen LogP contribution < -0.4 is 5.43 Å². The van der Waals surface area contributed by atoms with E-state index in [-0.39, 0.29) is 26.8 Å². The maximum absolute atomic E-state index is 12.6. The number of carbonyl (C=O) groups excluding carboxylic acids is 1. The fourth-order valence-corrected chi connectivity index (χ4v) is 3.26. The number of aromatic nitrogens is 1. The van der Waals surface area contributed by atoms with Gasteiger partial charge in [0.05, 0.1) is 10.0 Å². The lowest BCUT2D eigenvalue weighted by atomic mass is 10.1. The number of hydrogen-bond donors (Lipinski definition) is 1. The molecule has 1 aromatic heterocycles. The molecule has 24 heavy (non-hydrogen) atoms. The van der Waals surface area contributed by atoms with Crippen molar-refractivity contribution >= 4 is 62.9 Å². The molecule has 4 nitrogen and oxygen atoms in total. The van der Waals surface area contributed by atoms with Crippen LogP contribution in [0.1, 0.15) is 15.9 Å². The zero-order chi connectivity index (χ0) is 16.8. The summed E-state index contributed by atoms with van der Waals surface area (Å²) < 4.78 is 0. The number of nitrogens with one attached hydrogen (secondary N) is 1. The molecule has 0 saturated heterocycles. The number of pyridine rings is 1. The van der Waals surface area contributed by atoms with Crippen LogP contribution in [0.15, 0.2) is 47.6 Å². The second kappa shape index (κ2) is 5.74. The highest BCUT2D eigenvalue weighted by molar-refractivity contribution is 6.59. The summed E-state index contributed by atoms with van der Waals surface area (Å²) in [7, 11) is 0. The summed E-state index contributed by atoms with van der Waals surface area (Å²) in [5.41, 5.74) is 4.43. The number of benzene rings is 2. The van der Waals surface area contributed by atoms with Crippen molar-refractivity contribution in [3.63, 3.8) is 0 Å². The van der Waals surface area contributed by atoms with Crippen LogP contribution in [0.5, 0.6) is 0 Å². The molecule has 0 fully saturated rings. The Bertz CT molecular complexity index is 1040. The summed E-state index contributed by atoms with van der Waals surface area (Å²) in [6.45, 7) is 0. The van der Waals surface area contributed by atoms with E-state index in [9.17, 15) is 4.79 Å². The monoisotopic (exact) mass is 375 g/mol. The van der Waals surface area contributed by atoms with Gasteiger partial charge in [-0.3, -0.25) is 10.2 Å². The molecule has 1 heterocycles. The Hall–Kier alpha value is -2.14. The predicted octanol–water partition coefficient (Wildman–Crippen LogP) is 5.21. The van der Waals surface area contributed by atoms with Crippen molar-refractivity contribution in [3.8, 4) is 0 Å². The van der Waals surface area contributed by atoms with Crippen LogP contribution in [0.3, 0.4) is 0 Å². The minimum absolute atomic E-state index is 0.104. The van der Waals surface area contributed by atoms with E-state index in [1.54, 1.807) is 6.07 Å². The summed E-state index contributed by atoms with van der Waals surface area (Å²) >= 11 is 17.8. The van der Waals surface area contributed by atoms with Gasteiger partial charge in [-0.25, -0.2) is 4.98 Å². The third-order valence-electron chi connectivity index (χ3n) is 3.78. The minimum Gasteiger partial charge on any atom is -0.287 e. The zero-order valence-electron chi connectivity index (χ0n) is 12.0. The van der Waals surface area contributed by atoms with Gasteiger partial charge in [0.1, 0.15) is 10.9 Å². The lowest BCUT2D eigenvalue weighted by Crippen LogP contribution is -2.11. The Morgan fingerprint density at radius 3 is 2.42 bits per heavy atom. The van der Waals surface area contributed by atoms with E-state index in [2.05, 4.69) is 15.5 Å². The van der Waals surface area contributed by atoms with Gasteiger partial charge in [0.2, 0.25) is 5.78 Å². The normalized spacial score (nSPS) is 14.6. The van der Waals surface area contributed by atoms with Gasteiger partial charge >= 0.3 is 0 Å². The molecule has 1 aliphatic carbocycles. The van der Waals surface area contributed by atoms with Crippen molar-refractivity contribution in [2.45, 2.75) is 0 Å². The first-order valence-corrected chi connectivity index (χ1v) is 8.11. The number of carbonyl (C=O) groups is 1. The summed E-state index contributed by atoms with van der Waals surface area (Å²) in [5, 5.41) is 6.72. The molecule has 0 radical (unpaired) electrons. The molecule has 7 heteroatoms. The lowest BCUT2D eigenvalue weighted by Gasteiger charge is -2.05. The third kappa shape index (κ3) is 2.35. The Morgan fingerprint density at radius 1 is 0.958 bits per heavy atom. The topological polar surface area (TPSA) is 54.4 Å². The fourth-order valence-electron chi connectivity index (χ4n) is 2.72. The lowest BCUT2D eigenvalue weighted by molar-refractivity contribution is 0.107. The van der Waals surface area contributed by atoms with E-state index in [0.29, 0.717) is 11.3 Å². The molecule has 0 amide bonds. The van der Waals surface area contributed by atoms with E-state index >= 15 is 0 Å². The molecule has 0 spiro atoms. The maximum Gasteiger partial charge on any atom is 0.214 e. The fraction of sp³-hybridized carbons (Fsp3) is 0. The van der Waals surface area contributed by atoms with Gasteiger partial charge in [-0.05, 0) is 11.5 Å². The Labute approximate surface area is 152 Å². The van der Waals surface area contributed by atoms with Gasteiger partial charge in [0.15, 0.2) is 5.82 Å². The van der Waals surface area contributed by atoms with Gasteiger partial charge in [-0.2, -0.15) is 5.10 Å². The number of anilines is 1. The van der Waals surface area contributed by atoms with Crippen LogP contribution in [0.4, 0.5) is 5.82 Å². The summed E-state index contributed by atoms with van der Waals surface area (Å²) in [6, 6.07) is 12.8. The number of nitrogens with zero attached hydrogens (tertiary/aromatic N) is 2. The van der Waals surface area contributed by atoms with Crippen LogP contribution in [0.25, 0.3) is 10.8 Å². The van der Waals surface area contributed by atoms with Gasteiger partial charge < -0.3 is 0 Å². The second-order valence-corrected chi connectivity index (χ2v) is 6.37. The number of rotatable bonds is 2. The highest BCUT2D eigenvalue weighted by Gasteiger charge is 2.28. The van der Waals surface area contributed by atoms with Crippen molar-refractivity contribution in [1.82, 2.24) is 4.98 Å². The average molecular weight is 377 g/mol. The second-order valence-electron chi connectivity index (χ2n) is 5.20. The highest BCUT2D eigenvalue weighted by Crippen LogP contribution is 2.32. The minimum atomic E-state index is -0.148. The Balaban J connectivity index is 1.79. The standard InChI is InChI=1S/C17H8Cl3N3O/c18-11-7-12(19)17(21-16(11)20)23-22-14-9-5-1-3-8-4-2-6-10(13(8)9)15(14)24/h1-7H,(H,21,23)/b22-14-.